The molecule has 0 bridgehead atoms. The fourth-order valence-corrected chi connectivity index (χ4v) is 2.45. The maximum absolute atomic E-state index is 11.9. The molecule has 0 aromatic heterocycles. The number of ether oxygens (including phenoxy) is 1. The lowest BCUT2D eigenvalue weighted by atomic mass is 10.00. The molecule has 2 rings (SSSR count). The summed E-state index contributed by atoms with van der Waals surface area (Å²) in [5.74, 6) is 0.114. The Morgan fingerprint density at radius 1 is 1.33 bits per heavy atom. The molecule has 18 heavy (non-hydrogen) atoms. The average molecular weight is 247 g/mol. The predicted octanol–water partition coefficient (Wildman–Crippen LogP) is 2.78. The van der Waals surface area contributed by atoms with E-state index in [4.69, 9.17) is 4.74 Å². The van der Waals surface area contributed by atoms with E-state index in [0.717, 1.165) is 24.9 Å². The molecule has 1 amide bonds. The highest BCUT2D eigenvalue weighted by Crippen LogP contribution is 2.28. The van der Waals surface area contributed by atoms with Gasteiger partial charge >= 0.3 is 0 Å². The Morgan fingerprint density at radius 3 is 2.72 bits per heavy atom. The van der Waals surface area contributed by atoms with E-state index >= 15 is 0 Å². The molecule has 1 aromatic rings. The zero-order valence-electron chi connectivity index (χ0n) is 11.1. The first-order valence-corrected chi connectivity index (χ1v) is 6.70. The van der Waals surface area contributed by atoms with E-state index < -0.39 is 0 Å². The van der Waals surface area contributed by atoms with Crippen LogP contribution in [-0.4, -0.2) is 30.0 Å². The molecule has 0 spiro atoms. The van der Waals surface area contributed by atoms with Crippen molar-refractivity contribution in [1.29, 1.82) is 0 Å². The Labute approximate surface area is 109 Å². The lowest BCUT2D eigenvalue weighted by molar-refractivity contribution is -0.156. The smallest absolute Gasteiger partial charge is 0.248 e. The van der Waals surface area contributed by atoms with Crippen molar-refractivity contribution < 1.29 is 9.53 Å². The highest BCUT2D eigenvalue weighted by Gasteiger charge is 2.33. The standard InChI is InChI=1S/C15H21NO2/c1-3-4-10-16-12(2)15(18-11-14(16)17)13-8-6-5-7-9-13/h5-9,12,15H,3-4,10-11H2,1-2H3. The Bertz CT molecular complexity index is 391. The van der Waals surface area contributed by atoms with Gasteiger partial charge in [-0.3, -0.25) is 4.79 Å². The molecule has 1 aromatic carbocycles. The minimum atomic E-state index is 0.000700. The van der Waals surface area contributed by atoms with E-state index in [1.54, 1.807) is 0 Å². The van der Waals surface area contributed by atoms with E-state index in [0.29, 0.717) is 0 Å². The molecule has 0 N–H and O–H groups in total. The van der Waals surface area contributed by atoms with Gasteiger partial charge in [-0.2, -0.15) is 0 Å². The monoisotopic (exact) mass is 247 g/mol. The van der Waals surface area contributed by atoms with Gasteiger partial charge in [0.25, 0.3) is 0 Å². The quantitative estimate of drug-likeness (QED) is 0.818. The Morgan fingerprint density at radius 2 is 2.06 bits per heavy atom. The minimum Gasteiger partial charge on any atom is -0.362 e. The van der Waals surface area contributed by atoms with Crippen LogP contribution in [0, 0.1) is 0 Å². The Balaban J connectivity index is 2.12. The van der Waals surface area contributed by atoms with Crippen LogP contribution >= 0.6 is 0 Å². The lowest BCUT2D eigenvalue weighted by Gasteiger charge is -2.39. The molecule has 2 atom stereocenters. The van der Waals surface area contributed by atoms with Crippen molar-refractivity contribution in [3.05, 3.63) is 35.9 Å². The van der Waals surface area contributed by atoms with Gasteiger partial charge in [0, 0.05) is 6.54 Å². The van der Waals surface area contributed by atoms with Crippen molar-refractivity contribution in [1.82, 2.24) is 4.90 Å². The van der Waals surface area contributed by atoms with Gasteiger partial charge in [0.1, 0.15) is 12.7 Å². The zero-order valence-corrected chi connectivity index (χ0v) is 11.1. The summed E-state index contributed by atoms with van der Waals surface area (Å²) < 4.78 is 5.71. The van der Waals surface area contributed by atoms with Crippen LogP contribution in [0.4, 0.5) is 0 Å². The number of benzene rings is 1. The summed E-state index contributed by atoms with van der Waals surface area (Å²) in [5.41, 5.74) is 1.15. The molecule has 1 saturated heterocycles. The Kier molecular flexibility index (Phi) is 4.37. The van der Waals surface area contributed by atoms with Crippen molar-refractivity contribution in [2.45, 2.75) is 38.8 Å². The van der Waals surface area contributed by atoms with E-state index in [9.17, 15) is 4.79 Å². The second-order valence-electron chi connectivity index (χ2n) is 4.82. The van der Waals surface area contributed by atoms with Crippen molar-refractivity contribution >= 4 is 5.91 Å². The third-order valence-electron chi connectivity index (χ3n) is 3.52. The first-order chi connectivity index (χ1) is 8.74. The third-order valence-corrected chi connectivity index (χ3v) is 3.52. The molecule has 1 heterocycles. The van der Waals surface area contributed by atoms with Crippen LogP contribution in [0.25, 0.3) is 0 Å². The molecular weight excluding hydrogens is 226 g/mol. The van der Waals surface area contributed by atoms with Gasteiger partial charge in [-0.05, 0) is 18.9 Å². The second kappa shape index (κ2) is 6.01. The maximum Gasteiger partial charge on any atom is 0.248 e. The third kappa shape index (κ3) is 2.72. The maximum atomic E-state index is 11.9. The number of carbonyl (C=O) groups is 1. The van der Waals surface area contributed by atoms with Crippen molar-refractivity contribution in [3.8, 4) is 0 Å². The number of carbonyl (C=O) groups excluding carboxylic acids is 1. The summed E-state index contributed by atoms with van der Waals surface area (Å²) in [6, 6.07) is 10.3. The van der Waals surface area contributed by atoms with Crippen LogP contribution in [0.15, 0.2) is 30.3 Å². The SMILES string of the molecule is CCCCN1C(=O)COC(c2ccccc2)C1C. The fraction of sp³-hybridized carbons (Fsp3) is 0.533. The summed E-state index contributed by atoms with van der Waals surface area (Å²) >= 11 is 0. The van der Waals surface area contributed by atoms with Crippen LogP contribution in [0.5, 0.6) is 0 Å². The molecule has 0 saturated carbocycles. The number of nitrogens with zero attached hydrogens (tertiary/aromatic N) is 1. The largest absolute Gasteiger partial charge is 0.362 e. The summed E-state index contributed by atoms with van der Waals surface area (Å²) in [6.07, 6.45) is 2.16. The number of amides is 1. The van der Waals surface area contributed by atoms with Crippen molar-refractivity contribution in [2.24, 2.45) is 0 Å². The minimum absolute atomic E-state index is 0.000700. The van der Waals surface area contributed by atoms with Crippen LogP contribution in [0.1, 0.15) is 38.4 Å². The molecule has 0 radical (unpaired) electrons. The van der Waals surface area contributed by atoms with E-state index in [-0.39, 0.29) is 24.7 Å². The zero-order chi connectivity index (χ0) is 13.0. The van der Waals surface area contributed by atoms with Gasteiger partial charge in [0.15, 0.2) is 0 Å². The van der Waals surface area contributed by atoms with Crippen molar-refractivity contribution in [3.63, 3.8) is 0 Å². The van der Waals surface area contributed by atoms with Gasteiger partial charge in [0.05, 0.1) is 6.04 Å². The molecular formula is C15H21NO2. The first kappa shape index (κ1) is 13.1. The topological polar surface area (TPSA) is 29.5 Å². The fourth-order valence-electron chi connectivity index (χ4n) is 2.45. The number of hydrogen-bond acceptors (Lipinski definition) is 2. The average Bonchev–Trinajstić information content (AvgIpc) is 2.40. The lowest BCUT2D eigenvalue weighted by Crippen LogP contribution is -2.49. The van der Waals surface area contributed by atoms with Gasteiger partial charge in [-0.25, -0.2) is 0 Å². The molecule has 1 fully saturated rings. The highest BCUT2D eigenvalue weighted by atomic mass is 16.5. The molecule has 2 unspecified atom stereocenters. The number of rotatable bonds is 4. The van der Waals surface area contributed by atoms with Gasteiger partial charge in [0.2, 0.25) is 5.91 Å². The predicted molar refractivity (Wildman–Crippen MR) is 71.2 cm³/mol. The summed E-state index contributed by atoms with van der Waals surface area (Å²) in [7, 11) is 0. The highest BCUT2D eigenvalue weighted by molar-refractivity contribution is 5.78. The molecule has 3 heteroatoms. The second-order valence-corrected chi connectivity index (χ2v) is 4.82. The van der Waals surface area contributed by atoms with Crippen LogP contribution < -0.4 is 0 Å². The van der Waals surface area contributed by atoms with Crippen LogP contribution in [-0.2, 0) is 9.53 Å². The first-order valence-electron chi connectivity index (χ1n) is 6.70. The summed E-state index contributed by atoms with van der Waals surface area (Å²) in [6.45, 7) is 5.26. The normalized spacial score (nSPS) is 24.3. The van der Waals surface area contributed by atoms with E-state index in [1.807, 2.05) is 23.1 Å². The number of unbranched alkanes of at least 4 members (excludes halogenated alkanes) is 1. The van der Waals surface area contributed by atoms with Crippen LogP contribution in [0.3, 0.4) is 0 Å². The summed E-state index contributed by atoms with van der Waals surface area (Å²) in [4.78, 5) is 13.9. The van der Waals surface area contributed by atoms with Gasteiger partial charge < -0.3 is 9.64 Å². The van der Waals surface area contributed by atoms with Gasteiger partial charge in [-0.15, -0.1) is 0 Å². The van der Waals surface area contributed by atoms with E-state index in [1.165, 1.54) is 0 Å². The number of hydrogen-bond donors (Lipinski definition) is 0. The molecule has 1 aliphatic rings. The Hall–Kier alpha value is -1.35. The van der Waals surface area contributed by atoms with Gasteiger partial charge in [-0.1, -0.05) is 43.7 Å². The molecule has 0 aliphatic carbocycles. The van der Waals surface area contributed by atoms with E-state index in [2.05, 4.69) is 26.0 Å². The van der Waals surface area contributed by atoms with Crippen LogP contribution in [0.2, 0.25) is 0 Å². The number of morpholine rings is 1. The van der Waals surface area contributed by atoms with Crippen molar-refractivity contribution in [2.75, 3.05) is 13.2 Å². The molecule has 98 valence electrons. The molecule has 3 nitrogen and oxygen atoms in total. The summed E-state index contributed by atoms with van der Waals surface area (Å²) in [5, 5.41) is 0. The molecule has 1 aliphatic heterocycles.